The fraction of sp³-hybridized carbons (Fsp3) is 0.231. The fourth-order valence-corrected chi connectivity index (χ4v) is 7.24. The minimum atomic E-state index is -4.89. The number of nitrogens with one attached hydrogen (secondary N) is 1. The molecule has 0 radical (unpaired) electrons. The highest BCUT2D eigenvalue weighted by molar-refractivity contribution is 7.94. The van der Waals surface area contributed by atoms with E-state index in [0.717, 1.165) is 12.1 Å². The van der Waals surface area contributed by atoms with E-state index in [0.29, 0.717) is 0 Å². The number of ketones is 1. The van der Waals surface area contributed by atoms with Crippen LogP contribution in [-0.2, 0) is 19.4 Å². The second-order valence-electron chi connectivity index (χ2n) is 8.81. The molecule has 1 N–H and O–H groups in total. The molecule has 0 spiro atoms. The smallest absolute Gasteiger partial charge is 0.326 e. The number of hydrogen-bond donors (Lipinski definition) is 1. The van der Waals surface area contributed by atoms with Crippen LogP contribution in [0, 0.1) is 20.2 Å². The number of carbonyl (C=O) groups excluding carboxylic acids is 2. The Kier molecular flexibility index (Phi) is 8.28. The third kappa shape index (κ3) is 5.30. The van der Waals surface area contributed by atoms with Gasteiger partial charge in [0.1, 0.15) is 5.25 Å². The van der Waals surface area contributed by atoms with Crippen molar-refractivity contribution in [1.82, 2.24) is 5.32 Å². The van der Waals surface area contributed by atoms with Crippen LogP contribution in [0.5, 0.6) is 0 Å². The predicted octanol–water partition coefficient (Wildman–Crippen LogP) is 4.14. The van der Waals surface area contributed by atoms with Gasteiger partial charge in [-0.25, -0.2) is 8.42 Å². The monoisotopic (exact) mass is 587 g/mol. The molecule has 1 heterocycles. The third-order valence-electron chi connectivity index (χ3n) is 6.52. The highest BCUT2D eigenvalue weighted by Gasteiger charge is 2.58. The first-order chi connectivity index (χ1) is 19.0. The Labute approximate surface area is 233 Å². The largest absolute Gasteiger partial charge is 0.465 e. The van der Waals surface area contributed by atoms with Gasteiger partial charge in [-0.1, -0.05) is 48.0 Å². The van der Waals surface area contributed by atoms with Crippen LogP contribution in [0.25, 0.3) is 0 Å². The molecule has 4 atom stereocenters. The molecule has 14 heteroatoms. The van der Waals surface area contributed by atoms with Gasteiger partial charge in [0.2, 0.25) is 0 Å². The van der Waals surface area contributed by atoms with E-state index < -0.39 is 65.4 Å². The molecular weight excluding hydrogens is 566 g/mol. The summed E-state index contributed by atoms with van der Waals surface area (Å²) in [6, 6.07) is 12.6. The van der Waals surface area contributed by atoms with Gasteiger partial charge < -0.3 is 4.74 Å². The highest BCUT2D eigenvalue weighted by atomic mass is 35.5. The average Bonchev–Trinajstić information content (AvgIpc) is 2.92. The third-order valence-corrected chi connectivity index (χ3v) is 9.13. The molecule has 1 saturated heterocycles. The topological polar surface area (TPSA) is 176 Å². The molecule has 3 aromatic carbocycles. The normalized spacial score (nSPS) is 21.8. The molecule has 0 bridgehead atoms. The van der Waals surface area contributed by atoms with Crippen LogP contribution in [0.1, 0.15) is 40.5 Å². The molecule has 4 rings (SSSR count). The number of carbonyl (C=O) groups is 2. The maximum atomic E-state index is 14.3. The van der Waals surface area contributed by atoms with Gasteiger partial charge in [-0.05, 0) is 31.2 Å². The summed E-state index contributed by atoms with van der Waals surface area (Å²) >= 11 is 5.93. The second kappa shape index (κ2) is 11.5. The number of benzene rings is 3. The molecule has 0 unspecified atom stereocenters. The SMILES string of the molecule is CCOC(=O)[C@H]1[C@H](c2ccccc2[N+](=O)[O-])N[C@H](c2ccccc2[N+](=O)[O-])[C@@H](C(=O)c2ccc(Cl)cc2)S1(=O)=O. The van der Waals surface area contributed by atoms with Gasteiger partial charge in [0.15, 0.2) is 20.9 Å². The number of halogens is 1. The molecule has 1 aliphatic heterocycles. The van der Waals surface area contributed by atoms with Gasteiger partial charge in [-0.3, -0.25) is 35.1 Å². The predicted molar refractivity (Wildman–Crippen MR) is 144 cm³/mol. The van der Waals surface area contributed by atoms with Crippen LogP contribution in [0.3, 0.4) is 0 Å². The number of rotatable bonds is 8. The number of nitro benzene ring substituents is 2. The minimum Gasteiger partial charge on any atom is -0.465 e. The Morgan fingerprint density at radius 3 is 1.80 bits per heavy atom. The molecular formula is C26H22ClN3O9S. The standard InChI is InChI=1S/C26H22ClN3O9S/c1-2-39-26(32)25-22(18-8-4-6-10-20(18)30(35)36)28-21(17-7-3-5-9-19(17)29(33)34)24(40(25,37)38)23(31)15-11-13-16(27)14-12-15/h3-14,21-22,24-25,28H,2H2,1H3/t21-,22+,24+,25-/m1/s1. The Morgan fingerprint density at radius 1 is 0.850 bits per heavy atom. The molecule has 208 valence electrons. The molecule has 0 saturated carbocycles. The summed E-state index contributed by atoms with van der Waals surface area (Å²) in [6.07, 6.45) is 0. The lowest BCUT2D eigenvalue weighted by Gasteiger charge is -2.40. The molecule has 12 nitrogen and oxygen atoms in total. The molecule has 0 amide bonds. The Hall–Kier alpha value is -4.20. The quantitative estimate of drug-likeness (QED) is 0.174. The van der Waals surface area contributed by atoms with Gasteiger partial charge in [0.05, 0.1) is 28.5 Å². The first-order valence-corrected chi connectivity index (χ1v) is 13.9. The van der Waals surface area contributed by atoms with E-state index >= 15 is 0 Å². The van der Waals surface area contributed by atoms with E-state index in [9.17, 15) is 38.2 Å². The van der Waals surface area contributed by atoms with E-state index in [1.54, 1.807) is 0 Å². The number of esters is 1. The number of para-hydroxylation sites is 2. The van der Waals surface area contributed by atoms with E-state index in [1.807, 2.05) is 0 Å². The van der Waals surface area contributed by atoms with E-state index in [2.05, 4.69) is 5.32 Å². The summed E-state index contributed by atoms with van der Waals surface area (Å²) in [4.78, 5) is 49.4. The summed E-state index contributed by atoms with van der Waals surface area (Å²) in [6.45, 7) is 1.24. The first-order valence-electron chi connectivity index (χ1n) is 11.9. The number of Topliss-reactive ketones (excluding diaryl/α,β-unsaturated/α-hetero) is 1. The van der Waals surface area contributed by atoms with Crippen LogP contribution in [0.15, 0.2) is 72.8 Å². The summed E-state index contributed by atoms with van der Waals surface area (Å²) in [5, 5.41) is 22.8. The van der Waals surface area contributed by atoms with Crippen LogP contribution < -0.4 is 5.32 Å². The van der Waals surface area contributed by atoms with Crippen LogP contribution in [0.2, 0.25) is 5.02 Å². The molecule has 1 fully saturated rings. The maximum absolute atomic E-state index is 14.3. The zero-order valence-corrected chi connectivity index (χ0v) is 22.4. The van der Waals surface area contributed by atoms with Gasteiger partial charge in [-0.15, -0.1) is 0 Å². The van der Waals surface area contributed by atoms with Crippen molar-refractivity contribution in [2.75, 3.05) is 6.61 Å². The van der Waals surface area contributed by atoms with E-state index in [-0.39, 0.29) is 28.3 Å². The highest BCUT2D eigenvalue weighted by Crippen LogP contribution is 2.44. The second-order valence-corrected chi connectivity index (χ2v) is 11.4. The minimum absolute atomic E-state index is 0.0740. The van der Waals surface area contributed by atoms with E-state index in [1.165, 1.54) is 67.6 Å². The Bertz CT molecular complexity index is 1590. The van der Waals surface area contributed by atoms with Crippen molar-refractivity contribution in [2.24, 2.45) is 0 Å². The first kappa shape index (κ1) is 28.8. The number of nitro groups is 2. The Balaban J connectivity index is 2.02. The van der Waals surface area contributed by atoms with Gasteiger partial charge in [-0.2, -0.15) is 0 Å². The molecule has 0 aromatic heterocycles. The number of nitrogens with zero attached hydrogens (tertiary/aromatic N) is 2. The van der Waals surface area contributed by atoms with Crippen molar-refractivity contribution in [3.8, 4) is 0 Å². The maximum Gasteiger partial charge on any atom is 0.326 e. The van der Waals surface area contributed by atoms with Gasteiger partial charge in [0.25, 0.3) is 11.4 Å². The number of sulfone groups is 1. The van der Waals surface area contributed by atoms with Crippen molar-refractivity contribution >= 4 is 44.6 Å². The number of ether oxygens (including phenoxy) is 1. The molecule has 0 aliphatic carbocycles. The zero-order valence-electron chi connectivity index (χ0n) is 20.8. The summed E-state index contributed by atoms with van der Waals surface area (Å²) < 4.78 is 33.7. The summed E-state index contributed by atoms with van der Waals surface area (Å²) in [7, 11) is -4.89. The lowest BCUT2D eigenvalue weighted by molar-refractivity contribution is -0.386. The summed E-state index contributed by atoms with van der Waals surface area (Å²) in [5.41, 5.74) is -1.38. The molecule has 1 aliphatic rings. The van der Waals surface area contributed by atoms with Crippen molar-refractivity contribution in [1.29, 1.82) is 0 Å². The van der Waals surface area contributed by atoms with Crippen LogP contribution in [0.4, 0.5) is 11.4 Å². The number of hydrogen-bond acceptors (Lipinski definition) is 10. The van der Waals surface area contributed by atoms with Crippen LogP contribution in [-0.4, -0.2) is 47.1 Å². The lowest BCUT2D eigenvalue weighted by Crippen LogP contribution is -2.59. The van der Waals surface area contributed by atoms with Crippen LogP contribution >= 0.6 is 11.6 Å². The van der Waals surface area contributed by atoms with E-state index in [4.69, 9.17) is 16.3 Å². The molecule has 40 heavy (non-hydrogen) atoms. The Morgan fingerprint density at radius 2 is 1.32 bits per heavy atom. The van der Waals surface area contributed by atoms with Gasteiger partial charge in [0, 0.05) is 33.8 Å². The van der Waals surface area contributed by atoms with Gasteiger partial charge >= 0.3 is 5.97 Å². The zero-order chi connectivity index (χ0) is 29.2. The molecule has 3 aromatic rings. The van der Waals surface area contributed by atoms with Crippen molar-refractivity contribution in [2.45, 2.75) is 29.5 Å². The van der Waals surface area contributed by atoms with Crippen molar-refractivity contribution in [3.63, 3.8) is 0 Å². The summed E-state index contributed by atoms with van der Waals surface area (Å²) in [5.74, 6) is -2.18. The fourth-order valence-electron chi connectivity index (χ4n) is 4.82. The van der Waals surface area contributed by atoms with Crippen molar-refractivity contribution in [3.05, 3.63) is 115 Å². The lowest BCUT2D eigenvalue weighted by atomic mass is 9.92. The average molecular weight is 588 g/mol. The van der Waals surface area contributed by atoms with Crippen molar-refractivity contribution < 1.29 is 32.6 Å².